The fraction of sp³-hybridized carbons (Fsp3) is 0.235. The fourth-order valence-electron chi connectivity index (χ4n) is 1.96. The van der Waals surface area contributed by atoms with Crippen molar-refractivity contribution < 1.29 is 4.74 Å². The van der Waals surface area contributed by atoms with Crippen LogP contribution in [0, 0.1) is 11.3 Å². The molecular formula is C17H16ClNO. The first kappa shape index (κ1) is 14.4. The molecule has 0 aliphatic heterocycles. The van der Waals surface area contributed by atoms with Gasteiger partial charge in [-0.05, 0) is 29.7 Å². The molecule has 20 heavy (non-hydrogen) atoms. The van der Waals surface area contributed by atoms with E-state index in [2.05, 4.69) is 6.07 Å². The Morgan fingerprint density at radius 1 is 1.15 bits per heavy atom. The van der Waals surface area contributed by atoms with Gasteiger partial charge in [-0.1, -0.05) is 54.9 Å². The molecule has 0 aliphatic carbocycles. The van der Waals surface area contributed by atoms with Gasteiger partial charge in [0.15, 0.2) is 0 Å². The van der Waals surface area contributed by atoms with Crippen LogP contribution < -0.4 is 4.74 Å². The van der Waals surface area contributed by atoms with Gasteiger partial charge in [-0.3, -0.25) is 0 Å². The lowest BCUT2D eigenvalue weighted by Gasteiger charge is -2.16. The second-order valence-corrected chi connectivity index (χ2v) is 4.93. The molecule has 102 valence electrons. The summed E-state index contributed by atoms with van der Waals surface area (Å²) in [5.74, 6) is 0.633. The van der Waals surface area contributed by atoms with E-state index in [1.165, 1.54) is 0 Å². The van der Waals surface area contributed by atoms with Crippen LogP contribution in [-0.4, -0.2) is 6.10 Å². The second kappa shape index (κ2) is 6.98. The topological polar surface area (TPSA) is 33.0 Å². The third-order valence-electron chi connectivity index (χ3n) is 3.11. The lowest BCUT2D eigenvalue weighted by Crippen LogP contribution is -2.14. The lowest BCUT2D eigenvalue weighted by atomic mass is 10.1. The largest absolute Gasteiger partial charge is 0.488 e. The van der Waals surface area contributed by atoms with Gasteiger partial charge in [0.2, 0.25) is 0 Å². The molecule has 0 saturated carbocycles. The normalized spacial score (nSPS) is 11.7. The maximum Gasteiger partial charge on any atom is 0.138 e. The molecule has 2 nitrogen and oxygen atoms in total. The van der Waals surface area contributed by atoms with E-state index in [4.69, 9.17) is 21.6 Å². The zero-order valence-electron chi connectivity index (χ0n) is 11.3. The number of nitriles is 1. The molecule has 2 aromatic carbocycles. The quantitative estimate of drug-likeness (QED) is 0.767. The van der Waals surface area contributed by atoms with Crippen molar-refractivity contribution >= 4 is 11.6 Å². The number of hydrogen-bond acceptors (Lipinski definition) is 2. The van der Waals surface area contributed by atoms with Crippen molar-refractivity contribution in [3.63, 3.8) is 0 Å². The Balaban J connectivity index is 2.20. The predicted octanol–water partition coefficient (Wildman–Crippen LogP) is 5.08. The molecular weight excluding hydrogens is 270 g/mol. The SMILES string of the molecule is CCC(CC#N)Oc1ccc(-c2ccccc2)cc1Cl. The molecule has 0 radical (unpaired) electrons. The van der Waals surface area contributed by atoms with Crippen molar-refractivity contribution in [3.8, 4) is 22.9 Å². The Labute approximate surface area is 124 Å². The van der Waals surface area contributed by atoms with E-state index in [9.17, 15) is 0 Å². The van der Waals surface area contributed by atoms with Crippen LogP contribution in [0.1, 0.15) is 19.8 Å². The summed E-state index contributed by atoms with van der Waals surface area (Å²) in [7, 11) is 0. The summed E-state index contributed by atoms with van der Waals surface area (Å²) in [4.78, 5) is 0. The zero-order chi connectivity index (χ0) is 14.4. The molecule has 0 aliphatic rings. The van der Waals surface area contributed by atoms with Crippen LogP contribution in [0.2, 0.25) is 5.02 Å². The summed E-state index contributed by atoms with van der Waals surface area (Å²) >= 11 is 6.27. The van der Waals surface area contributed by atoms with Crippen molar-refractivity contribution in [3.05, 3.63) is 53.6 Å². The standard InChI is InChI=1S/C17H16ClNO/c1-2-15(10-11-19)20-17-9-8-14(12-16(17)18)13-6-4-3-5-7-13/h3-9,12,15H,2,10H2,1H3. The minimum absolute atomic E-state index is 0.111. The fourth-order valence-corrected chi connectivity index (χ4v) is 2.18. The summed E-state index contributed by atoms with van der Waals surface area (Å²) < 4.78 is 5.77. The number of benzene rings is 2. The lowest BCUT2D eigenvalue weighted by molar-refractivity contribution is 0.202. The Hall–Kier alpha value is -1.98. The Morgan fingerprint density at radius 3 is 2.50 bits per heavy atom. The molecule has 1 unspecified atom stereocenters. The van der Waals surface area contributed by atoms with Gasteiger partial charge < -0.3 is 4.74 Å². The Bertz CT molecular complexity index is 604. The maximum atomic E-state index is 8.74. The van der Waals surface area contributed by atoms with Gasteiger partial charge in [0.05, 0.1) is 17.5 Å². The molecule has 0 heterocycles. The highest BCUT2D eigenvalue weighted by Gasteiger charge is 2.11. The first-order chi connectivity index (χ1) is 9.74. The van der Waals surface area contributed by atoms with Crippen LogP contribution in [0.15, 0.2) is 48.5 Å². The van der Waals surface area contributed by atoms with E-state index in [-0.39, 0.29) is 6.10 Å². The number of nitrogens with zero attached hydrogens (tertiary/aromatic N) is 1. The average Bonchev–Trinajstić information content (AvgIpc) is 2.49. The van der Waals surface area contributed by atoms with Crippen molar-refractivity contribution in [1.29, 1.82) is 5.26 Å². The summed E-state index contributed by atoms with van der Waals surface area (Å²) in [6, 6.07) is 17.9. The third-order valence-corrected chi connectivity index (χ3v) is 3.40. The van der Waals surface area contributed by atoms with Crippen LogP contribution in [0.5, 0.6) is 5.75 Å². The summed E-state index contributed by atoms with van der Waals surface area (Å²) in [6.45, 7) is 1.99. The third kappa shape index (κ3) is 3.53. The summed E-state index contributed by atoms with van der Waals surface area (Å²) in [6.07, 6.45) is 1.04. The first-order valence-corrected chi connectivity index (χ1v) is 7.01. The zero-order valence-corrected chi connectivity index (χ0v) is 12.1. The van der Waals surface area contributed by atoms with Gasteiger partial charge in [0, 0.05) is 0 Å². The number of hydrogen-bond donors (Lipinski definition) is 0. The summed E-state index contributed by atoms with van der Waals surface area (Å²) in [5, 5.41) is 9.32. The average molecular weight is 286 g/mol. The second-order valence-electron chi connectivity index (χ2n) is 4.52. The molecule has 0 N–H and O–H groups in total. The Kier molecular flexibility index (Phi) is 5.03. The van der Waals surface area contributed by atoms with Crippen molar-refractivity contribution in [2.75, 3.05) is 0 Å². The van der Waals surface area contributed by atoms with E-state index >= 15 is 0 Å². The molecule has 3 heteroatoms. The van der Waals surface area contributed by atoms with Crippen LogP contribution in [-0.2, 0) is 0 Å². The van der Waals surface area contributed by atoms with Gasteiger partial charge in [-0.15, -0.1) is 0 Å². The predicted molar refractivity (Wildman–Crippen MR) is 81.8 cm³/mol. The minimum atomic E-state index is -0.111. The van der Waals surface area contributed by atoms with E-state index in [0.717, 1.165) is 17.5 Å². The highest BCUT2D eigenvalue weighted by molar-refractivity contribution is 6.32. The maximum absolute atomic E-state index is 8.74. The highest BCUT2D eigenvalue weighted by atomic mass is 35.5. The van der Waals surface area contributed by atoms with E-state index in [1.807, 2.05) is 55.5 Å². The molecule has 2 aromatic rings. The van der Waals surface area contributed by atoms with E-state index in [1.54, 1.807) is 0 Å². The molecule has 0 bridgehead atoms. The van der Waals surface area contributed by atoms with Crippen molar-refractivity contribution in [2.45, 2.75) is 25.9 Å². The minimum Gasteiger partial charge on any atom is -0.488 e. The van der Waals surface area contributed by atoms with Crippen LogP contribution >= 0.6 is 11.6 Å². The smallest absolute Gasteiger partial charge is 0.138 e. The molecule has 2 rings (SSSR count). The molecule has 0 saturated heterocycles. The van der Waals surface area contributed by atoms with Crippen LogP contribution in [0.3, 0.4) is 0 Å². The van der Waals surface area contributed by atoms with Gasteiger partial charge in [-0.2, -0.15) is 5.26 Å². The first-order valence-electron chi connectivity index (χ1n) is 6.63. The van der Waals surface area contributed by atoms with Gasteiger partial charge in [0.25, 0.3) is 0 Å². The number of halogens is 1. The van der Waals surface area contributed by atoms with Crippen LogP contribution in [0.4, 0.5) is 0 Å². The number of ether oxygens (including phenoxy) is 1. The molecule has 1 atom stereocenters. The Morgan fingerprint density at radius 2 is 1.90 bits per heavy atom. The van der Waals surface area contributed by atoms with E-state index < -0.39 is 0 Å². The van der Waals surface area contributed by atoms with Gasteiger partial charge >= 0.3 is 0 Å². The number of rotatable bonds is 5. The monoisotopic (exact) mass is 285 g/mol. The molecule has 0 spiro atoms. The molecule has 0 fully saturated rings. The molecule has 0 amide bonds. The molecule has 0 aromatic heterocycles. The van der Waals surface area contributed by atoms with Crippen molar-refractivity contribution in [1.82, 2.24) is 0 Å². The van der Waals surface area contributed by atoms with E-state index in [0.29, 0.717) is 17.2 Å². The van der Waals surface area contributed by atoms with Gasteiger partial charge in [-0.25, -0.2) is 0 Å². The summed E-state index contributed by atoms with van der Waals surface area (Å²) in [5.41, 5.74) is 2.17. The van der Waals surface area contributed by atoms with Crippen LogP contribution in [0.25, 0.3) is 11.1 Å². The van der Waals surface area contributed by atoms with Gasteiger partial charge in [0.1, 0.15) is 11.9 Å². The highest BCUT2D eigenvalue weighted by Crippen LogP contribution is 2.31. The van der Waals surface area contributed by atoms with Crippen molar-refractivity contribution in [2.24, 2.45) is 0 Å².